The Morgan fingerprint density at radius 2 is 2.31 bits per heavy atom. The maximum atomic E-state index is 5.60. The van der Waals surface area contributed by atoms with Crippen molar-refractivity contribution in [1.29, 1.82) is 0 Å². The lowest BCUT2D eigenvalue weighted by Gasteiger charge is -2.29. The fraction of sp³-hybridized carbons (Fsp3) is 1.00. The van der Waals surface area contributed by atoms with Crippen molar-refractivity contribution >= 4 is 11.8 Å². The molecule has 1 fully saturated rings. The van der Waals surface area contributed by atoms with Crippen LogP contribution >= 0.6 is 11.8 Å². The molecule has 2 nitrogen and oxygen atoms in total. The van der Waals surface area contributed by atoms with Gasteiger partial charge in [0.05, 0.1) is 6.10 Å². The van der Waals surface area contributed by atoms with Gasteiger partial charge in [-0.1, -0.05) is 6.92 Å². The molecule has 13 heavy (non-hydrogen) atoms. The lowest BCUT2D eigenvalue weighted by molar-refractivity contribution is 0.0730. The quantitative estimate of drug-likeness (QED) is 0.759. The van der Waals surface area contributed by atoms with Crippen molar-refractivity contribution in [3.05, 3.63) is 0 Å². The van der Waals surface area contributed by atoms with Crippen LogP contribution < -0.4 is 5.73 Å². The normalized spacial score (nSPS) is 31.6. The van der Waals surface area contributed by atoms with Crippen LogP contribution in [0.15, 0.2) is 0 Å². The predicted molar refractivity (Wildman–Crippen MR) is 59.2 cm³/mol. The summed E-state index contributed by atoms with van der Waals surface area (Å²) in [5, 5.41) is 1.37. The van der Waals surface area contributed by atoms with Crippen molar-refractivity contribution in [2.75, 3.05) is 13.7 Å². The van der Waals surface area contributed by atoms with E-state index in [1.807, 2.05) is 18.9 Å². The fourth-order valence-corrected chi connectivity index (χ4v) is 3.22. The average molecular weight is 203 g/mol. The Morgan fingerprint density at radius 3 is 2.92 bits per heavy atom. The summed E-state index contributed by atoms with van der Waals surface area (Å²) in [7, 11) is 1.82. The highest BCUT2D eigenvalue weighted by Gasteiger charge is 2.23. The van der Waals surface area contributed by atoms with Gasteiger partial charge in [0.25, 0.3) is 0 Å². The van der Waals surface area contributed by atoms with Gasteiger partial charge in [-0.3, -0.25) is 0 Å². The van der Waals surface area contributed by atoms with Crippen LogP contribution in [-0.2, 0) is 4.74 Å². The monoisotopic (exact) mass is 203 g/mol. The zero-order chi connectivity index (χ0) is 9.68. The summed E-state index contributed by atoms with van der Waals surface area (Å²) in [5.41, 5.74) is 5.60. The van der Waals surface area contributed by atoms with Crippen molar-refractivity contribution in [2.24, 2.45) is 5.73 Å². The molecule has 1 rings (SSSR count). The molecule has 1 aliphatic rings. The van der Waals surface area contributed by atoms with Crippen molar-refractivity contribution in [1.82, 2.24) is 0 Å². The molecule has 0 aromatic heterocycles. The van der Waals surface area contributed by atoms with Gasteiger partial charge in [-0.15, -0.1) is 0 Å². The molecule has 1 saturated carbocycles. The number of rotatable bonds is 4. The van der Waals surface area contributed by atoms with E-state index < -0.39 is 0 Å². The molecule has 3 atom stereocenters. The summed E-state index contributed by atoms with van der Waals surface area (Å²) in [6, 6.07) is 0. The van der Waals surface area contributed by atoms with E-state index in [2.05, 4.69) is 6.92 Å². The van der Waals surface area contributed by atoms with Crippen LogP contribution in [0.25, 0.3) is 0 Å². The van der Waals surface area contributed by atoms with E-state index in [9.17, 15) is 0 Å². The zero-order valence-electron chi connectivity index (χ0n) is 8.66. The van der Waals surface area contributed by atoms with Gasteiger partial charge in [0.15, 0.2) is 0 Å². The molecule has 3 unspecified atom stereocenters. The van der Waals surface area contributed by atoms with E-state index in [1.54, 1.807) is 0 Å². The van der Waals surface area contributed by atoms with Gasteiger partial charge >= 0.3 is 0 Å². The SMILES string of the molecule is COC1CCCC(SC(C)CN)C1. The molecule has 0 aromatic carbocycles. The van der Waals surface area contributed by atoms with Gasteiger partial charge in [0.1, 0.15) is 0 Å². The lowest BCUT2D eigenvalue weighted by atomic mass is 9.97. The standard InChI is InChI=1S/C10H21NOS/c1-8(7-11)13-10-5-3-4-9(6-10)12-2/h8-10H,3-7,11H2,1-2H3. The Labute approximate surface area is 85.6 Å². The lowest BCUT2D eigenvalue weighted by Crippen LogP contribution is -2.26. The molecule has 0 heterocycles. The van der Waals surface area contributed by atoms with E-state index in [4.69, 9.17) is 10.5 Å². The van der Waals surface area contributed by atoms with Gasteiger partial charge in [0, 0.05) is 24.2 Å². The highest BCUT2D eigenvalue weighted by atomic mass is 32.2. The molecule has 0 bridgehead atoms. The summed E-state index contributed by atoms with van der Waals surface area (Å²) >= 11 is 2.03. The summed E-state index contributed by atoms with van der Waals surface area (Å²) < 4.78 is 5.39. The van der Waals surface area contributed by atoms with Crippen molar-refractivity contribution < 1.29 is 4.74 Å². The van der Waals surface area contributed by atoms with Crippen LogP contribution in [0.5, 0.6) is 0 Å². The second-order valence-electron chi connectivity index (χ2n) is 3.83. The minimum Gasteiger partial charge on any atom is -0.381 e. The van der Waals surface area contributed by atoms with Gasteiger partial charge in [0.2, 0.25) is 0 Å². The van der Waals surface area contributed by atoms with E-state index in [0.29, 0.717) is 11.4 Å². The van der Waals surface area contributed by atoms with E-state index in [-0.39, 0.29) is 0 Å². The summed E-state index contributed by atoms with van der Waals surface area (Å²) in [4.78, 5) is 0. The maximum absolute atomic E-state index is 5.60. The Kier molecular flexibility index (Phi) is 5.14. The first-order valence-corrected chi connectivity index (χ1v) is 6.09. The molecule has 2 N–H and O–H groups in total. The van der Waals surface area contributed by atoms with Crippen LogP contribution in [-0.4, -0.2) is 30.3 Å². The van der Waals surface area contributed by atoms with Gasteiger partial charge < -0.3 is 10.5 Å². The third-order valence-corrected chi connectivity index (χ3v) is 4.14. The average Bonchev–Trinajstić information content (AvgIpc) is 2.18. The van der Waals surface area contributed by atoms with E-state index in [0.717, 1.165) is 11.8 Å². The minimum atomic E-state index is 0.497. The largest absolute Gasteiger partial charge is 0.381 e. The zero-order valence-corrected chi connectivity index (χ0v) is 9.48. The van der Waals surface area contributed by atoms with Crippen molar-refractivity contribution in [3.63, 3.8) is 0 Å². The number of methoxy groups -OCH3 is 1. The van der Waals surface area contributed by atoms with E-state index in [1.165, 1.54) is 25.7 Å². The first kappa shape index (κ1) is 11.3. The molecule has 0 saturated heterocycles. The number of thioether (sulfide) groups is 1. The number of hydrogen-bond donors (Lipinski definition) is 1. The third kappa shape index (κ3) is 3.88. The second-order valence-corrected chi connectivity index (χ2v) is 5.57. The molecule has 0 radical (unpaired) electrons. The van der Waals surface area contributed by atoms with Gasteiger partial charge in [-0.05, 0) is 25.7 Å². The number of ether oxygens (including phenoxy) is 1. The molecule has 3 heteroatoms. The van der Waals surface area contributed by atoms with Crippen molar-refractivity contribution in [2.45, 2.75) is 49.2 Å². The Balaban J connectivity index is 2.25. The fourth-order valence-electron chi connectivity index (χ4n) is 1.82. The summed E-state index contributed by atoms with van der Waals surface area (Å²) in [6.07, 6.45) is 5.61. The molecule has 1 aliphatic carbocycles. The van der Waals surface area contributed by atoms with E-state index >= 15 is 0 Å². The first-order chi connectivity index (χ1) is 6.26. The molecular weight excluding hydrogens is 182 g/mol. The molecule has 0 spiro atoms. The molecular formula is C10H21NOS. The van der Waals surface area contributed by atoms with Crippen LogP contribution in [0.2, 0.25) is 0 Å². The number of nitrogens with two attached hydrogens (primary N) is 1. The highest BCUT2D eigenvalue weighted by Crippen LogP contribution is 2.31. The Hall–Kier alpha value is 0.270. The van der Waals surface area contributed by atoms with Crippen LogP contribution in [0.4, 0.5) is 0 Å². The molecule has 0 amide bonds. The van der Waals surface area contributed by atoms with Gasteiger partial charge in [-0.2, -0.15) is 11.8 Å². The predicted octanol–water partition coefficient (Wildman–Crippen LogP) is 2.02. The molecule has 78 valence electrons. The van der Waals surface area contributed by atoms with Crippen LogP contribution in [0.1, 0.15) is 32.6 Å². The smallest absolute Gasteiger partial charge is 0.0581 e. The topological polar surface area (TPSA) is 35.2 Å². The Morgan fingerprint density at radius 1 is 1.54 bits per heavy atom. The molecule has 0 aromatic rings. The Bertz CT molecular complexity index is 141. The number of hydrogen-bond acceptors (Lipinski definition) is 3. The van der Waals surface area contributed by atoms with Crippen molar-refractivity contribution in [3.8, 4) is 0 Å². The summed E-state index contributed by atoms with van der Waals surface area (Å²) in [6.45, 7) is 3.00. The summed E-state index contributed by atoms with van der Waals surface area (Å²) in [5.74, 6) is 0. The third-order valence-electron chi connectivity index (χ3n) is 2.67. The van der Waals surface area contributed by atoms with Crippen LogP contribution in [0, 0.1) is 0 Å². The van der Waals surface area contributed by atoms with Gasteiger partial charge in [-0.25, -0.2) is 0 Å². The highest BCUT2D eigenvalue weighted by molar-refractivity contribution is 8.00. The second kappa shape index (κ2) is 5.89. The maximum Gasteiger partial charge on any atom is 0.0581 e. The molecule has 0 aliphatic heterocycles. The first-order valence-electron chi connectivity index (χ1n) is 5.14. The minimum absolute atomic E-state index is 0.497. The van der Waals surface area contributed by atoms with Crippen LogP contribution in [0.3, 0.4) is 0 Å².